The monoisotopic (exact) mass is 270 g/mol. The largest absolute Gasteiger partial charge is 0.374 e. The van der Waals surface area contributed by atoms with Crippen LogP contribution in [0.4, 0.5) is 8.78 Å². The van der Waals surface area contributed by atoms with E-state index in [0.717, 1.165) is 18.7 Å². The summed E-state index contributed by atoms with van der Waals surface area (Å²) in [6, 6.07) is 3.55. The molecule has 19 heavy (non-hydrogen) atoms. The van der Waals surface area contributed by atoms with E-state index < -0.39 is 17.5 Å². The van der Waals surface area contributed by atoms with Crippen LogP contribution in [0.5, 0.6) is 0 Å². The van der Waals surface area contributed by atoms with Crippen molar-refractivity contribution in [3.8, 4) is 0 Å². The Bertz CT molecular complexity index is 428. The molecular formula is C13H16F2N2O2. The Hall–Kier alpha value is -1.53. The van der Waals surface area contributed by atoms with Crippen molar-refractivity contribution in [1.82, 2.24) is 10.6 Å². The van der Waals surface area contributed by atoms with Crippen LogP contribution in [-0.2, 0) is 16.0 Å². The van der Waals surface area contributed by atoms with Gasteiger partial charge in [-0.1, -0.05) is 6.07 Å². The zero-order chi connectivity index (χ0) is 13.7. The summed E-state index contributed by atoms with van der Waals surface area (Å²) in [5.41, 5.74) is -0.206. The molecule has 1 aromatic rings. The SMILES string of the molecule is O=C(Cc1c(F)cccc1F)NCC1CNCCO1. The summed E-state index contributed by atoms with van der Waals surface area (Å²) in [6.45, 7) is 2.39. The van der Waals surface area contributed by atoms with E-state index in [9.17, 15) is 13.6 Å². The lowest BCUT2D eigenvalue weighted by Gasteiger charge is -2.23. The summed E-state index contributed by atoms with van der Waals surface area (Å²) < 4.78 is 32.1. The number of carbonyl (C=O) groups is 1. The van der Waals surface area contributed by atoms with E-state index in [0.29, 0.717) is 19.7 Å². The van der Waals surface area contributed by atoms with E-state index in [-0.39, 0.29) is 18.1 Å². The van der Waals surface area contributed by atoms with E-state index in [1.165, 1.54) is 6.07 Å². The highest BCUT2D eigenvalue weighted by atomic mass is 19.1. The number of rotatable bonds is 4. The standard InChI is InChI=1S/C13H16F2N2O2/c14-11-2-1-3-12(15)10(11)6-13(18)17-8-9-7-16-4-5-19-9/h1-3,9,16H,4-8H2,(H,17,18). The Morgan fingerprint density at radius 1 is 1.42 bits per heavy atom. The van der Waals surface area contributed by atoms with Crippen molar-refractivity contribution in [2.75, 3.05) is 26.2 Å². The van der Waals surface area contributed by atoms with E-state index >= 15 is 0 Å². The Kier molecular flexibility index (Phi) is 4.81. The molecule has 1 unspecified atom stereocenters. The fourth-order valence-corrected chi connectivity index (χ4v) is 1.90. The van der Waals surface area contributed by atoms with Crippen molar-refractivity contribution in [2.45, 2.75) is 12.5 Å². The topological polar surface area (TPSA) is 50.4 Å². The second-order valence-electron chi connectivity index (χ2n) is 4.38. The lowest BCUT2D eigenvalue weighted by molar-refractivity contribution is -0.121. The number of carbonyl (C=O) groups excluding carboxylic acids is 1. The van der Waals surface area contributed by atoms with E-state index in [1.54, 1.807) is 0 Å². The molecule has 1 aliphatic rings. The van der Waals surface area contributed by atoms with Gasteiger partial charge in [0, 0.05) is 25.2 Å². The molecule has 4 nitrogen and oxygen atoms in total. The Morgan fingerprint density at radius 2 is 2.16 bits per heavy atom. The molecule has 1 atom stereocenters. The summed E-state index contributed by atoms with van der Waals surface area (Å²) >= 11 is 0. The van der Waals surface area contributed by atoms with Gasteiger partial charge in [0.15, 0.2) is 0 Å². The summed E-state index contributed by atoms with van der Waals surface area (Å²) in [5.74, 6) is -1.82. The average molecular weight is 270 g/mol. The molecule has 1 aliphatic heterocycles. The second-order valence-corrected chi connectivity index (χ2v) is 4.38. The molecule has 0 aliphatic carbocycles. The minimum Gasteiger partial charge on any atom is -0.374 e. The minimum atomic E-state index is -0.703. The van der Waals surface area contributed by atoms with Crippen LogP contribution >= 0.6 is 0 Å². The molecule has 1 amide bonds. The average Bonchev–Trinajstić information content (AvgIpc) is 2.42. The van der Waals surface area contributed by atoms with Gasteiger partial charge in [-0.3, -0.25) is 4.79 Å². The van der Waals surface area contributed by atoms with Gasteiger partial charge in [-0.15, -0.1) is 0 Å². The maximum Gasteiger partial charge on any atom is 0.224 e. The molecule has 1 aromatic carbocycles. The molecule has 1 fully saturated rings. The van der Waals surface area contributed by atoms with Crippen molar-refractivity contribution in [3.05, 3.63) is 35.4 Å². The molecule has 1 heterocycles. The predicted molar refractivity (Wildman–Crippen MR) is 65.7 cm³/mol. The van der Waals surface area contributed by atoms with Crippen LogP contribution in [0.25, 0.3) is 0 Å². The summed E-state index contributed by atoms with van der Waals surface area (Å²) in [4.78, 5) is 11.6. The third-order valence-electron chi connectivity index (χ3n) is 2.93. The Balaban J connectivity index is 1.83. The minimum absolute atomic E-state index is 0.0943. The number of nitrogens with one attached hydrogen (secondary N) is 2. The molecule has 0 radical (unpaired) electrons. The number of hydrogen-bond donors (Lipinski definition) is 2. The molecule has 104 valence electrons. The van der Waals surface area contributed by atoms with Crippen molar-refractivity contribution in [3.63, 3.8) is 0 Å². The highest BCUT2D eigenvalue weighted by molar-refractivity contribution is 5.78. The van der Waals surface area contributed by atoms with Gasteiger partial charge in [0.25, 0.3) is 0 Å². The van der Waals surface area contributed by atoms with E-state index in [1.807, 2.05) is 0 Å². The van der Waals surface area contributed by atoms with Crippen LogP contribution in [0.1, 0.15) is 5.56 Å². The molecule has 2 rings (SSSR count). The number of morpholine rings is 1. The van der Waals surface area contributed by atoms with Crippen molar-refractivity contribution >= 4 is 5.91 Å². The first kappa shape index (κ1) is 13.9. The smallest absolute Gasteiger partial charge is 0.224 e. The zero-order valence-corrected chi connectivity index (χ0v) is 10.4. The summed E-state index contributed by atoms with van der Waals surface area (Å²) in [6.07, 6.45) is -0.401. The third kappa shape index (κ3) is 3.97. The van der Waals surface area contributed by atoms with Gasteiger partial charge in [0.1, 0.15) is 11.6 Å². The number of halogens is 2. The first-order valence-corrected chi connectivity index (χ1v) is 6.18. The number of amides is 1. The quantitative estimate of drug-likeness (QED) is 0.843. The van der Waals surface area contributed by atoms with Gasteiger partial charge >= 0.3 is 0 Å². The van der Waals surface area contributed by atoms with Gasteiger partial charge in [0.05, 0.1) is 19.1 Å². The van der Waals surface area contributed by atoms with Gasteiger partial charge in [-0.05, 0) is 12.1 Å². The van der Waals surface area contributed by atoms with Gasteiger partial charge in [-0.2, -0.15) is 0 Å². The van der Waals surface area contributed by atoms with Crippen molar-refractivity contribution in [2.24, 2.45) is 0 Å². The summed E-state index contributed by atoms with van der Waals surface area (Å²) in [7, 11) is 0. The lowest BCUT2D eigenvalue weighted by atomic mass is 10.1. The number of ether oxygens (including phenoxy) is 1. The van der Waals surface area contributed by atoms with Crippen LogP contribution in [0.15, 0.2) is 18.2 Å². The predicted octanol–water partition coefficient (Wildman–Crippen LogP) is 0.612. The zero-order valence-electron chi connectivity index (χ0n) is 10.4. The lowest BCUT2D eigenvalue weighted by Crippen LogP contribution is -2.45. The fourth-order valence-electron chi connectivity index (χ4n) is 1.90. The summed E-state index contributed by atoms with van der Waals surface area (Å²) in [5, 5.41) is 5.75. The number of hydrogen-bond acceptors (Lipinski definition) is 3. The molecule has 0 saturated carbocycles. The fraction of sp³-hybridized carbons (Fsp3) is 0.462. The maximum atomic E-state index is 13.4. The number of benzene rings is 1. The van der Waals surface area contributed by atoms with Crippen LogP contribution in [0.3, 0.4) is 0 Å². The molecule has 0 spiro atoms. The normalized spacial score (nSPS) is 19.2. The first-order valence-electron chi connectivity index (χ1n) is 6.18. The third-order valence-corrected chi connectivity index (χ3v) is 2.93. The van der Waals surface area contributed by atoms with Crippen LogP contribution < -0.4 is 10.6 Å². The highest BCUT2D eigenvalue weighted by Crippen LogP contribution is 2.12. The van der Waals surface area contributed by atoms with Gasteiger partial charge in [0.2, 0.25) is 5.91 Å². The second kappa shape index (κ2) is 6.58. The molecular weight excluding hydrogens is 254 g/mol. The van der Waals surface area contributed by atoms with Crippen LogP contribution in [0, 0.1) is 11.6 Å². The molecule has 0 bridgehead atoms. The van der Waals surface area contributed by atoms with Crippen molar-refractivity contribution in [1.29, 1.82) is 0 Å². The highest BCUT2D eigenvalue weighted by Gasteiger charge is 2.16. The van der Waals surface area contributed by atoms with E-state index in [4.69, 9.17) is 4.74 Å². The van der Waals surface area contributed by atoms with E-state index in [2.05, 4.69) is 10.6 Å². The Labute approximate surface area is 110 Å². The Morgan fingerprint density at radius 3 is 2.79 bits per heavy atom. The molecule has 2 N–H and O–H groups in total. The van der Waals surface area contributed by atoms with Crippen molar-refractivity contribution < 1.29 is 18.3 Å². The first-order chi connectivity index (χ1) is 9.16. The van der Waals surface area contributed by atoms with Crippen LogP contribution in [0.2, 0.25) is 0 Å². The van der Waals surface area contributed by atoms with Gasteiger partial charge in [-0.25, -0.2) is 8.78 Å². The van der Waals surface area contributed by atoms with Gasteiger partial charge < -0.3 is 15.4 Å². The maximum absolute atomic E-state index is 13.4. The van der Waals surface area contributed by atoms with Crippen LogP contribution in [-0.4, -0.2) is 38.3 Å². The molecule has 1 saturated heterocycles. The molecule has 0 aromatic heterocycles. The molecule has 6 heteroatoms.